The highest BCUT2D eigenvalue weighted by atomic mass is 79.9. The Morgan fingerprint density at radius 2 is 2.17 bits per heavy atom. The van der Waals surface area contributed by atoms with Gasteiger partial charge in [-0.25, -0.2) is 9.37 Å². The van der Waals surface area contributed by atoms with E-state index in [4.69, 9.17) is 16.3 Å². The Balaban J connectivity index is 2.58. The molecule has 0 aliphatic rings. The second kappa shape index (κ2) is 8.03. The fourth-order valence-corrected chi connectivity index (χ4v) is 3.08. The minimum Gasteiger partial charge on any atom is -0.491 e. The van der Waals surface area contributed by atoms with Crippen molar-refractivity contribution in [2.24, 2.45) is 5.92 Å². The number of hydrogen-bond acceptors (Lipinski definition) is 5. The molecule has 5 nitrogen and oxygen atoms in total. The highest BCUT2D eigenvalue weighted by Crippen LogP contribution is 2.40. The molecule has 2 N–H and O–H groups in total. The molecule has 0 spiro atoms. The van der Waals surface area contributed by atoms with Crippen LogP contribution in [0.15, 0.2) is 14.4 Å². The van der Waals surface area contributed by atoms with Crippen LogP contribution in [0.5, 0.6) is 5.75 Å². The van der Waals surface area contributed by atoms with E-state index in [9.17, 15) is 9.18 Å². The summed E-state index contributed by atoms with van der Waals surface area (Å²) >= 11 is 10.5. The molecule has 1 aromatic heterocycles. The lowest BCUT2D eigenvalue weighted by atomic mass is 10.1. The van der Waals surface area contributed by atoms with Crippen molar-refractivity contribution in [3.05, 3.63) is 25.7 Å². The molecule has 2 rings (SSSR count). The van der Waals surface area contributed by atoms with E-state index in [0.717, 1.165) is 0 Å². The van der Waals surface area contributed by atoms with Crippen molar-refractivity contribution in [2.45, 2.75) is 25.0 Å². The maximum Gasteiger partial charge on any atom is 0.263 e. The van der Waals surface area contributed by atoms with Crippen molar-refractivity contribution < 1.29 is 9.13 Å². The molecule has 132 valence electrons. The van der Waals surface area contributed by atoms with Gasteiger partial charge in [-0.3, -0.25) is 4.79 Å². The Morgan fingerprint density at radius 3 is 2.75 bits per heavy atom. The Morgan fingerprint density at radius 1 is 1.50 bits per heavy atom. The molecule has 9 heteroatoms. The van der Waals surface area contributed by atoms with Gasteiger partial charge in [-0.05, 0) is 36.2 Å². The van der Waals surface area contributed by atoms with Crippen molar-refractivity contribution in [2.75, 3.05) is 19.9 Å². The zero-order valence-corrected chi connectivity index (χ0v) is 16.8. The van der Waals surface area contributed by atoms with Crippen molar-refractivity contribution >= 4 is 50.2 Å². The molecule has 0 amide bonds. The maximum atomic E-state index is 14.5. The van der Waals surface area contributed by atoms with E-state index in [1.807, 2.05) is 20.9 Å². The summed E-state index contributed by atoms with van der Waals surface area (Å²) in [5.74, 6) is -0.389. The molecule has 0 aliphatic heterocycles. The number of nitrogens with zero attached hydrogens (tertiary/aromatic N) is 1. The molecular formula is C15H18BrClFN3O2S. The van der Waals surface area contributed by atoms with Crippen LogP contribution in [0.3, 0.4) is 0 Å². The van der Waals surface area contributed by atoms with E-state index in [2.05, 4.69) is 31.2 Å². The average molecular weight is 439 g/mol. The summed E-state index contributed by atoms with van der Waals surface area (Å²) in [6, 6.07) is 0.207. The van der Waals surface area contributed by atoms with E-state index < -0.39 is 11.4 Å². The normalized spacial score (nSPS) is 14.0. The summed E-state index contributed by atoms with van der Waals surface area (Å²) in [5, 5.41) is 3.50. The molecule has 0 radical (unpaired) electrons. The van der Waals surface area contributed by atoms with Crippen LogP contribution in [0, 0.1) is 11.7 Å². The Hall–Kier alpha value is -0.830. The van der Waals surface area contributed by atoms with Crippen LogP contribution in [-0.2, 0) is 0 Å². The summed E-state index contributed by atoms with van der Waals surface area (Å²) in [6.45, 7) is 4.34. The molecule has 2 atom stereocenters. The second-order valence-electron chi connectivity index (χ2n) is 5.44. The number of thioether (sulfide) groups is 1. The molecule has 0 saturated carbocycles. The van der Waals surface area contributed by atoms with Gasteiger partial charge in [-0.15, -0.1) is 0 Å². The Bertz CT molecular complexity index is 818. The molecule has 1 aromatic carbocycles. The molecule has 24 heavy (non-hydrogen) atoms. The number of hydrogen-bond donors (Lipinski definition) is 2. The van der Waals surface area contributed by atoms with Gasteiger partial charge in [0.2, 0.25) is 0 Å². The standard InChI is InChI=1S/C15H18BrClFN3O2S/c1-6(7(2)19-3)5-23-13-8-12(11(18)9(16)10(13)17)20-15(24-4)21-14(8)22/h6-7,19H,5H2,1-4H3,(H,20,21,22). The van der Waals surface area contributed by atoms with Crippen LogP contribution < -0.4 is 15.6 Å². The van der Waals surface area contributed by atoms with Crippen LogP contribution in [-0.4, -0.2) is 35.9 Å². The molecule has 2 aromatic rings. The van der Waals surface area contributed by atoms with Crippen molar-refractivity contribution in [1.29, 1.82) is 0 Å². The number of aromatic nitrogens is 2. The van der Waals surface area contributed by atoms with Gasteiger partial charge in [-0.1, -0.05) is 30.3 Å². The summed E-state index contributed by atoms with van der Waals surface area (Å²) < 4.78 is 20.3. The van der Waals surface area contributed by atoms with Gasteiger partial charge in [0, 0.05) is 12.0 Å². The van der Waals surface area contributed by atoms with Gasteiger partial charge in [0.1, 0.15) is 15.9 Å². The Labute approximate surface area is 156 Å². The first-order valence-electron chi connectivity index (χ1n) is 7.26. The lowest BCUT2D eigenvalue weighted by molar-refractivity contribution is 0.233. The fourth-order valence-electron chi connectivity index (χ4n) is 2.11. The van der Waals surface area contributed by atoms with Gasteiger partial charge >= 0.3 is 0 Å². The lowest BCUT2D eigenvalue weighted by Crippen LogP contribution is -2.32. The predicted octanol–water partition coefficient (Wildman–Crippen LogP) is 3.82. The third kappa shape index (κ3) is 3.71. The maximum absolute atomic E-state index is 14.5. The summed E-state index contributed by atoms with van der Waals surface area (Å²) in [4.78, 5) is 19.1. The molecule has 2 unspecified atom stereocenters. The van der Waals surface area contributed by atoms with E-state index in [0.29, 0.717) is 11.8 Å². The predicted molar refractivity (Wildman–Crippen MR) is 100.0 cm³/mol. The molecule has 0 saturated heterocycles. The molecular weight excluding hydrogens is 421 g/mol. The van der Waals surface area contributed by atoms with Gasteiger partial charge in [0.15, 0.2) is 16.7 Å². The van der Waals surface area contributed by atoms with Crippen LogP contribution in [0.4, 0.5) is 4.39 Å². The molecule has 0 bridgehead atoms. The van der Waals surface area contributed by atoms with Gasteiger partial charge in [0.25, 0.3) is 5.56 Å². The third-order valence-electron chi connectivity index (χ3n) is 3.91. The zero-order chi connectivity index (χ0) is 18.0. The monoisotopic (exact) mass is 437 g/mol. The highest BCUT2D eigenvalue weighted by Gasteiger charge is 2.23. The smallest absolute Gasteiger partial charge is 0.263 e. The number of ether oxygens (including phenoxy) is 1. The summed E-state index contributed by atoms with van der Waals surface area (Å²) in [7, 11) is 1.86. The quantitative estimate of drug-likeness (QED) is 0.408. The van der Waals surface area contributed by atoms with Crippen molar-refractivity contribution in [3.63, 3.8) is 0 Å². The lowest BCUT2D eigenvalue weighted by Gasteiger charge is -2.21. The van der Waals surface area contributed by atoms with Crippen LogP contribution in [0.2, 0.25) is 5.02 Å². The minimum absolute atomic E-state index is 0.0165. The van der Waals surface area contributed by atoms with E-state index in [1.165, 1.54) is 11.8 Å². The number of halogens is 3. The molecule has 0 aliphatic carbocycles. The Kier molecular flexibility index (Phi) is 6.52. The first kappa shape index (κ1) is 19.5. The van der Waals surface area contributed by atoms with Crippen LogP contribution >= 0.6 is 39.3 Å². The van der Waals surface area contributed by atoms with E-state index >= 15 is 0 Å². The highest BCUT2D eigenvalue weighted by molar-refractivity contribution is 9.10. The summed E-state index contributed by atoms with van der Waals surface area (Å²) in [5.41, 5.74) is -0.550. The SMILES string of the molecule is CNC(C)C(C)COc1c(Cl)c(Br)c(F)c2nc(SC)[nH]c(=O)c12. The number of H-pyrrole nitrogens is 1. The first-order valence-corrected chi connectivity index (χ1v) is 9.65. The number of nitrogens with one attached hydrogen (secondary N) is 2. The van der Waals surface area contributed by atoms with Gasteiger partial charge in [-0.2, -0.15) is 0 Å². The second-order valence-corrected chi connectivity index (χ2v) is 7.40. The first-order chi connectivity index (χ1) is 11.3. The van der Waals surface area contributed by atoms with E-state index in [1.54, 1.807) is 6.26 Å². The van der Waals surface area contributed by atoms with Crippen molar-refractivity contribution in [1.82, 2.24) is 15.3 Å². The third-order valence-corrected chi connectivity index (χ3v) is 5.82. The minimum atomic E-state index is -0.680. The van der Waals surface area contributed by atoms with Gasteiger partial charge < -0.3 is 15.0 Å². The average Bonchev–Trinajstić information content (AvgIpc) is 2.58. The fraction of sp³-hybridized carbons (Fsp3) is 0.467. The summed E-state index contributed by atoms with van der Waals surface area (Å²) in [6.07, 6.45) is 1.74. The topological polar surface area (TPSA) is 67.0 Å². The molecule has 1 heterocycles. The molecule has 0 fully saturated rings. The number of fused-ring (bicyclic) bond motifs is 1. The largest absolute Gasteiger partial charge is 0.491 e. The number of benzene rings is 1. The number of rotatable bonds is 6. The zero-order valence-electron chi connectivity index (χ0n) is 13.7. The van der Waals surface area contributed by atoms with Crippen LogP contribution in [0.1, 0.15) is 13.8 Å². The van der Waals surface area contributed by atoms with E-state index in [-0.39, 0.29) is 38.1 Å². The van der Waals surface area contributed by atoms with Crippen LogP contribution in [0.25, 0.3) is 10.9 Å². The van der Waals surface area contributed by atoms with Crippen molar-refractivity contribution in [3.8, 4) is 5.75 Å². The number of aromatic amines is 1. The van der Waals surface area contributed by atoms with Gasteiger partial charge in [0.05, 0.1) is 11.1 Å².